The Kier molecular flexibility index (Phi) is 6.69. The second kappa shape index (κ2) is 9.22. The molecule has 1 unspecified atom stereocenters. The average molecular weight is 482 g/mol. The molecule has 0 saturated heterocycles. The standard InChI is InChI=1S/C26H31N3O2S2/c1-17-11-12-20(15-18(17)2)26(13-14-26)23(30)28-24-27-16-21(32-24)22(19-9-7-6-8-10-19)29-33(31)25(3,4)5/h6-12,15-16,22,29H,13-14H2,1-5H3,(H,27,28,30)/t22-,33?/m0/s1. The summed E-state index contributed by atoms with van der Waals surface area (Å²) < 4.78 is 15.7. The van der Waals surface area contributed by atoms with E-state index in [1.165, 1.54) is 22.5 Å². The Morgan fingerprint density at radius 2 is 1.82 bits per heavy atom. The van der Waals surface area contributed by atoms with Crippen LogP contribution in [0.1, 0.15) is 66.8 Å². The van der Waals surface area contributed by atoms with E-state index in [0.717, 1.165) is 28.8 Å². The molecule has 1 aromatic heterocycles. The highest BCUT2D eigenvalue weighted by Gasteiger charge is 2.51. The molecule has 1 fully saturated rings. The first kappa shape index (κ1) is 24.0. The number of carbonyl (C=O) groups is 1. The number of hydrogen-bond donors (Lipinski definition) is 2. The fourth-order valence-electron chi connectivity index (χ4n) is 3.73. The van der Waals surface area contributed by atoms with Crippen LogP contribution in [0.5, 0.6) is 0 Å². The van der Waals surface area contributed by atoms with Gasteiger partial charge in [0.05, 0.1) is 10.3 Å². The van der Waals surface area contributed by atoms with Gasteiger partial charge in [-0.05, 0) is 69.7 Å². The van der Waals surface area contributed by atoms with Crippen molar-refractivity contribution in [2.24, 2.45) is 0 Å². The van der Waals surface area contributed by atoms with Crippen LogP contribution < -0.4 is 10.0 Å². The maximum absolute atomic E-state index is 13.2. The van der Waals surface area contributed by atoms with E-state index in [-0.39, 0.29) is 11.9 Å². The third-order valence-corrected chi connectivity index (χ3v) is 8.73. The van der Waals surface area contributed by atoms with Gasteiger partial charge in [0.15, 0.2) is 5.13 Å². The third-order valence-electron chi connectivity index (χ3n) is 6.19. The second-order valence-electron chi connectivity index (χ2n) is 9.75. The van der Waals surface area contributed by atoms with Crippen LogP contribution in [-0.2, 0) is 21.6 Å². The number of anilines is 1. The van der Waals surface area contributed by atoms with Crippen LogP contribution in [0.4, 0.5) is 5.13 Å². The van der Waals surface area contributed by atoms with Gasteiger partial charge in [-0.3, -0.25) is 4.79 Å². The summed E-state index contributed by atoms with van der Waals surface area (Å²) in [5.41, 5.74) is 4.04. The normalized spacial score (nSPS) is 16.8. The molecule has 1 saturated carbocycles. The lowest BCUT2D eigenvalue weighted by Gasteiger charge is -2.27. The summed E-state index contributed by atoms with van der Waals surface area (Å²) in [6.07, 6.45) is 3.46. The van der Waals surface area contributed by atoms with Gasteiger partial charge in [0.25, 0.3) is 0 Å². The highest BCUT2D eigenvalue weighted by Crippen LogP contribution is 2.49. The first-order chi connectivity index (χ1) is 15.6. The van der Waals surface area contributed by atoms with Gasteiger partial charge in [0.1, 0.15) is 10.8 Å². The summed E-state index contributed by atoms with van der Waals surface area (Å²) in [6.45, 7) is 9.99. The molecule has 33 heavy (non-hydrogen) atoms. The van der Waals surface area contributed by atoms with Gasteiger partial charge in [-0.25, -0.2) is 4.98 Å². The smallest absolute Gasteiger partial charge is 0.236 e. The minimum atomic E-state index is -1.26. The van der Waals surface area contributed by atoms with Gasteiger partial charge < -0.3 is 9.87 Å². The lowest BCUT2D eigenvalue weighted by Crippen LogP contribution is -2.41. The monoisotopic (exact) mass is 481 g/mol. The predicted molar refractivity (Wildman–Crippen MR) is 137 cm³/mol. The summed E-state index contributed by atoms with van der Waals surface area (Å²) in [7, 11) is 0. The van der Waals surface area contributed by atoms with Crippen LogP contribution in [0.3, 0.4) is 0 Å². The molecule has 3 aromatic rings. The molecule has 7 heteroatoms. The van der Waals surface area contributed by atoms with E-state index in [0.29, 0.717) is 5.13 Å². The number of nitrogens with one attached hydrogen (secondary N) is 2. The van der Waals surface area contributed by atoms with Gasteiger partial charge in [0, 0.05) is 17.6 Å². The number of thiazole rings is 1. The van der Waals surface area contributed by atoms with Crippen molar-refractivity contribution in [3.05, 3.63) is 81.9 Å². The average Bonchev–Trinajstić information content (AvgIpc) is 3.47. The van der Waals surface area contributed by atoms with Crippen molar-refractivity contribution in [1.82, 2.24) is 9.71 Å². The number of hydrogen-bond acceptors (Lipinski definition) is 5. The lowest BCUT2D eigenvalue weighted by molar-refractivity contribution is -0.118. The van der Waals surface area contributed by atoms with Gasteiger partial charge >= 0.3 is 0 Å². The number of nitrogens with zero attached hydrogens (tertiary/aromatic N) is 1. The van der Waals surface area contributed by atoms with Crippen molar-refractivity contribution in [3.8, 4) is 0 Å². The van der Waals surface area contributed by atoms with Crippen LogP contribution in [-0.4, -0.2) is 20.2 Å². The highest BCUT2D eigenvalue weighted by molar-refractivity contribution is 7.90. The highest BCUT2D eigenvalue weighted by atomic mass is 32.2. The Morgan fingerprint density at radius 3 is 2.42 bits per heavy atom. The predicted octanol–water partition coefficient (Wildman–Crippen LogP) is 5.57. The molecule has 5 nitrogen and oxygen atoms in total. The third kappa shape index (κ3) is 5.17. The Balaban J connectivity index is 1.55. The van der Waals surface area contributed by atoms with Crippen molar-refractivity contribution >= 4 is 33.7 Å². The first-order valence-electron chi connectivity index (χ1n) is 11.2. The summed E-state index contributed by atoms with van der Waals surface area (Å²) in [6, 6.07) is 15.9. The second-order valence-corrected chi connectivity index (χ2v) is 12.8. The molecule has 1 aliphatic rings. The summed E-state index contributed by atoms with van der Waals surface area (Å²) in [5.74, 6) is -0.00542. The van der Waals surface area contributed by atoms with Crippen molar-refractivity contribution in [3.63, 3.8) is 0 Å². The molecule has 0 aliphatic heterocycles. The zero-order chi connectivity index (χ0) is 23.8. The first-order valence-corrected chi connectivity index (χ1v) is 13.1. The molecule has 174 valence electrons. The van der Waals surface area contributed by atoms with E-state index in [1.807, 2.05) is 51.1 Å². The van der Waals surface area contributed by atoms with Crippen LogP contribution in [0.25, 0.3) is 0 Å². The van der Waals surface area contributed by atoms with Crippen LogP contribution in [0, 0.1) is 13.8 Å². The molecule has 0 spiro atoms. The van der Waals surface area contributed by atoms with E-state index in [2.05, 4.69) is 47.1 Å². The van der Waals surface area contributed by atoms with Gasteiger partial charge in [0.2, 0.25) is 5.91 Å². The number of rotatable bonds is 7. The van der Waals surface area contributed by atoms with Crippen LogP contribution in [0.2, 0.25) is 0 Å². The number of aryl methyl sites for hydroxylation is 2. The van der Waals surface area contributed by atoms with E-state index in [4.69, 9.17) is 0 Å². The summed E-state index contributed by atoms with van der Waals surface area (Å²) >= 11 is 0.160. The molecule has 1 aliphatic carbocycles. The van der Waals surface area contributed by atoms with Crippen molar-refractivity contribution in [2.75, 3.05) is 5.32 Å². The molecule has 4 rings (SSSR count). The van der Waals surface area contributed by atoms with Crippen molar-refractivity contribution < 1.29 is 9.35 Å². The number of aromatic nitrogens is 1. The quantitative estimate of drug-likeness (QED) is 0.433. The number of amides is 1. The molecular formula is C26H31N3O2S2. The van der Waals surface area contributed by atoms with Crippen molar-refractivity contribution in [1.29, 1.82) is 0 Å². The Morgan fingerprint density at radius 1 is 1.12 bits per heavy atom. The zero-order valence-corrected chi connectivity index (χ0v) is 21.4. The van der Waals surface area contributed by atoms with Crippen LogP contribution in [0.15, 0.2) is 54.7 Å². The Hall–Kier alpha value is -2.19. The fraction of sp³-hybridized carbons (Fsp3) is 0.385. The van der Waals surface area contributed by atoms with Gasteiger partial charge in [-0.1, -0.05) is 59.9 Å². The largest absolute Gasteiger partial charge is 0.598 e. The van der Waals surface area contributed by atoms with E-state index in [9.17, 15) is 9.35 Å². The molecule has 1 heterocycles. The maximum Gasteiger partial charge on any atom is 0.236 e. The van der Waals surface area contributed by atoms with E-state index >= 15 is 0 Å². The topological polar surface area (TPSA) is 77.1 Å². The molecule has 0 radical (unpaired) electrons. The van der Waals surface area contributed by atoms with Gasteiger partial charge in [-0.2, -0.15) is 0 Å². The maximum atomic E-state index is 13.2. The number of benzene rings is 2. The molecule has 2 aromatic carbocycles. The minimum Gasteiger partial charge on any atom is -0.598 e. The summed E-state index contributed by atoms with van der Waals surface area (Å²) in [5, 5.41) is 3.62. The fourth-order valence-corrected chi connectivity index (χ4v) is 5.52. The Bertz CT molecular complexity index is 1130. The Labute approximate surface area is 203 Å². The van der Waals surface area contributed by atoms with Crippen molar-refractivity contribution in [2.45, 2.75) is 63.7 Å². The number of carbonyl (C=O) groups excluding carboxylic acids is 1. The summed E-state index contributed by atoms with van der Waals surface area (Å²) in [4.78, 5) is 18.6. The molecular weight excluding hydrogens is 450 g/mol. The van der Waals surface area contributed by atoms with E-state index < -0.39 is 21.5 Å². The SMILES string of the molecule is Cc1ccc(C2(C(=O)Nc3ncc([C@@H](N[S+]([O-])C(C)(C)C)c4ccccc4)s3)CC2)cc1C. The van der Waals surface area contributed by atoms with Gasteiger partial charge in [-0.15, -0.1) is 4.72 Å². The van der Waals surface area contributed by atoms with E-state index in [1.54, 1.807) is 6.20 Å². The minimum absolute atomic E-state index is 0.00542. The lowest BCUT2D eigenvalue weighted by atomic mass is 9.92. The molecule has 2 atom stereocenters. The zero-order valence-electron chi connectivity index (χ0n) is 19.8. The van der Waals surface area contributed by atoms with Crippen LogP contribution >= 0.6 is 11.3 Å². The molecule has 1 amide bonds. The molecule has 2 N–H and O–H groups in total. The molecule has 0 bridgehead atoms.